The van der Waals surface area contributed by atoms with Crippen LogP contribution in [0.4, 0.5) is 10.1 Å². The molecule has 1 N–H and O–H groups in total. The Balaban J connectivity index is 1.44. The third-order valence-corrected chi connectivity index (χ3v) is 5.97. The molecule has 1 aliphatic rings. The van der Waals surface area contributed by atoms with E-state index in [4.69, 9.17) is 21.1 Å². The van der Waals surface area contributed by atoms with E-state index in [9.17, 15) is 14.0 Å². The number of carbonyl (C=O) groups is 1. The largest absolute Gasteiger partial charge is 0.454 e. The summed E-state index contributed by atoms with van der Waals surface area (Å²) < 4.78 is 25.0. The maximum absolute atomic E-state index is 13.3. The summed E-state index contributed by atoms with van der Waals surface area (Å²) in [7, 11) is 0. The zero-order chi connectivity index (χ0) is 21.5. The zero-order valence-corrected chi connectivity index (χ0v) is 17.3. The molecule has 2 aromatic heterocycles. The lowest BCUT2D eigenvalue weighted by Crippen LogP contribution is -2.27. The van der Waals surface area contributed by atoms with Crippen LogP contribution in [0.3, 0.4) is 0 Å². The van der Waals surface area contributed by atoms with E-state index in [0.717, 1.165) is 0 Å². The molecule has 0 atom stereocenters. The first kappa shape index (κ1) is 19.5. The van der Waals surface area contributed by atoms with Crippen LogP contribution in [0.5, 0.6) is 11.5 Å². The second kappa shape index (κ2) is 7.68. The molecule has 0 saturated heterocycles. The number of nitrogens with one attached hydrogen (secondary N) is 1. The van der Waals surface area contributed by atoms with Crippen LogP contribution in [0.2, 0.25) is 5.02 Å². The molecule has 4 aromatic rings. The lowest BCUT2D eigenvalue weighted by Gasteiger charge is -2.10. The van der Waals surface area contributed by atoms with Gasteiger partial charge < -0.3 is 14.8 Å². The third kappa shape index (κ3) is 3.62. The van der Waals surface area contributed by atoms with Crippen molar-refractivity contribution in [2.24, 2.45) is 0 Å². The second-order valence-electron chi connectivity index (χ2n) is 6.75. The molecule has 0 spiro atoms. The summed E-state index contributed by atoms with van der Waals surface area (Å²) >= 11 is 7.50. The summed E-state index contributed by atoms with van der Waals surface area (Å²) in [4.78, 5) is 30.5. The Hall–Kier alpha value is -3.43. The first-order chi connectivity index (χ1) is 15.0. The minimum atomic E-state index is -0.456. The number of ether oxygens (including phenoxy) is 2. The molecule has 10 heteroatoms. The number of amides is 1. The van der Waals surface area contributed by atoms with Gasteiger partial charge in [0.2, 0.25) is 12.7 Å². The molecule has 0 unspecified atom stereocenters. The Morgan fingerprint density at radius 3 is 2.74 bits per heavy atom. The van der Waals surface area contributed by atoms with Crippen molar-refractivity contribution in [3.8, 4) is 22.6 Å². The molecule has 3 heterocycles. The molecule has 0 bridgehead atoms. The summed E-state index contributed by atoms with van der Waals surface area (Å²) in [5.41, 5.74) is 1.32. The first-order valence-corrected chi connectivity index (χ1v) is 10.4. The van der Waals surface area contributed by atoms with Gasteiger partial charge in [0.05, 0.1) is 22.4 Å². The van der Waals surface area contributed by atoms with Crippen LogP contribution < -0.4 is 20.3 Å². The predicted molar refractivity (Wildman–Crippen MR) is 115 cm³/mol. The highest BCUT2D eigenvalue weighted by Crippen LogP contribution is 2.39. The average molecular weight is 458 g/mol. The van der Waals surface area contributed by atoms with E-state index in [2.05, 4.69) is 10.3 Å². The number of nitrogens with zero attached hydrogens (tertiary/aromatic N) is 2. The number of thiophene rings is 1. The van der Waals surface area contributed by atoms with Crippen molar-refractivity contribution in [3.05, 3.63) is 69.3 Å². The molecule has 5 rings (SSSR count). The number of benzene rings is 2. The van der Waals surface area contributed by atoms with E-state index in [0.29, 0.717) is 38.5 Å². The van der Waals surface area contributed by atoms with Gasteiger partial charge in [-0.3, -0.25) is 14.2 Å². The van der Waals surface area contributed by atoms with Crippen LogP contribution >= 0.6 is 22.9 Å². The summed E-state index contributed by atoms with van der Waals surface area (Å²) in [5.74, 6) is 0.155. The van der Waals surface area contributed by atoms with E-state index in [1.54, 1.807) is 29.6 Å². The fraction of sp³-hybridized carbons (Fsp3) is 0.0952. The van der Waals surface area contributed by atoms with Gasteiger partial charge in [-0.15, -0.1) is 11.3 Å². The lowest BCUT2D eigenvalue weighted by atomic mass is 10.1. The third-order valence-electron chi connectivity index (χ3n) is 4.77. The van der Waals surface area contributed by atoms with Crippen LogP contribution in [-0.2, 0) is 11.3 Å². The van der Waals surface area contributed by atoms with Crippen LogP contribution in [0, 0.1) is 5.82 Å². The Bertz CT molecular complexity index is 1380. The van der Waals surface area contributed by atoms with Gasteiger partial charge in [0.15, 0.2) is 11.5 Å². The van der Waals surface area contributed by atoms with Crippen LogP contribution in [0.15, 0.2) is 52.9 Å². The Morgan fingerprint density at radius 2 is 1.97 bits per heavy atom. The Morgan fingerprint density at radius 1 is 1.23 bits per heavy atom. The second-order valence-corrected chi connectivity index (χ2v) is 8.01. The monoisotopic (exact) mass is 457 g/mol. The van der Waals surface area contributed by atoms with Crippen molar-refractivity contribution in [3.63, 3.8) is 0 Å². The van der Waals surface area contributed by atoms with Crippen molar-refractivity contribution < 1.29 is 18.7 Å². The maximum atomic E-state index is 13.3. The van der Waals surface area contributed by atoms with Crippen LogP contribution in [0.1, 0.15) is 0 Å². The lowest BCUT2D eigenvalue weighted by molar-refractivity contribution is -0.116. The molecule has 0 radical (unpaired) electrons. The topological polar surface area (TPSA) is 82.5 Å². The van der Waals surface area contributed by atoms with Crippen molar-refractivity contribution >= 4 is 44.7 Å². The SMILES string of the molecule is O=C(Cn1cnc2scc(-c3ccc(F)cc3)c2c1=O)Nc1cc2c(cc1Cl)OCO2. The Labute approximate surface area is 183 Å². The van der Waals surface area contributed by atoms with Gasteiger partial charge in [0.1, 0.15) is 17.2 Å². The molecule has 0 aliphatic carbocycles. The number of anilines is 1. The molecule has 0 fully saturated rings. The van der Waals surface area contributed by atoms with Gasteiger partial charge in [0.25, 0.3) is 5.56 Å². The Kier molecular flexibility index (Phi) is 4.84. The summed E-state index contributed by atoms with van der Waals surface area (Å²) in [5, 5.41) is 5.14. The van der Waals surface area contributed by atoms with Gasteiger partial charge in [-0.05, 0) is 17.7 Å². The summed E-state index contributed by atoms with van der Waals surface area (Å²) in [6.07, 6.45) is 1.33. The van der Waals surface area contributed by atoms with Crippen molar-refractivity contribution in [2.75, 3.05) is 12.1 Å². The highest BCUT2D eigenvalue weighted by atomic mass is 35.5. The van der Waals surface area contributed by atoms with Crippen LogP contribution in [0.25, 0.3) is 21.3 Å². The van der Waals surface area contributed by atoms with Crippen LogP contribution in [-0.4, -0.2) is 22.3 Å². The van der Waals surface area contributed by atoms with E-state index < -0.39 is 5.91 Å². The zero-order valence-electron chi connectivity index (χ0n) is 15.7. The standard InChI is InChI=1S/C21H13ClFN3O4S/c22-14-5-16-17(30-10-29-16)6-15(14)25-18(27)7-26-9-24-20-19(21(26)28)13(8-31-20)11-1-3-12(23)4-2-11/h1-6,8-9H,7,10H2,(H,25,27). The molecule has 1 aliphatic heterocycles. The fourth-order valence-electron chi connectivity index (χ4n) is 3.28. The van der Waals surface area contributed by atoms with Gasteiger partial charge in [-0.1, -0.05) is 23.7 Å². The number of aromatic nitrogens is 2. The molecule has 31 heavy (non-hydrogen) atoms. The molecule has 156 valence electrons. The number of hydrogen-bond acceptors (Lipinski definition) is 6. The van der Waals surface area contributed by atoms with Gasteiger partial charge in [0, 0.05) is 23.1 Å². The average Bonchev–Trinajstić information content (AvgIpc) is 3.38. The number of rotatable bonds is 4. The van der Waals surface area contributed by atoms with Crippen molar-refractivity contribution in [1.29, 1.82) is 0 Å². The van der Waals surface area contributed by atoms with Gasteiger partial charge >= 0.3 is 0 Å². The van der Waals surface area contributed by atoms with Gasteiger partial charge in [-0.2, -0.15) is 0 Å². The van der Waals surface area contributed by atoms with Crippen molar-refractivity contribution in [2.45, 2.75) is 6.54 Å². The summed E-state index contributed by atoms with van der Waals surface area (Å²) in [6.45, 7) is -0.174. The summed E-state index contributed by atoms with van der Waals surface area (Å²) in [6, 6.07) is 8.98. The highest BCUT2D eigenvalue weighted by molar-refractivity contribution is 7.17. The molecular formula is C21H13ClFN3O4S. The van der Waals surface area contributed by atoms with E-state index in [-0.39, 0.29) is 29.7 Å². The number of fused-ring (bicyclic) bond motifs is 2. The van der Waals surface area contributed by atoms with E-state index in [1.807, 2.05) is 0 Å². The number of halogens is 2. The van der Waals surface area contributed by atoms with E-state index >= 15 is 0 Å². The molecular weight excluding hydrogens is 445 g/mol. The normalized spacial score (nSPS) is 12.3. The smallest absolute Gasteiger partial charge is 0.263 e. The molecule has 2 aromatic carbocycles. The van der Waals surface area contributed by atoms with Crippen molar-refractivity contribution in [1.82, 2.24) is 9.55 Å². The quantitative estimate of drug-likeness (QED) is 0.494. The molecule has 7 nitrogen and oxygen atoms in total. The number of hydrogen-bond donors (Lipinski definition) is 1. The number of carbonyl (C=O) groups excluding carboxylic acids is 1. The molecule has 1 amide bonds. The predicted octanol–water partition coefficient (Wildman–Crippen LogP) is 4.28. The van der Waals surface area contributed by atoms with E-state index in [1.165, 1.54) is 34.4 Å². The maximum Gasteiger partial charge on any atom is 0.263 e. The first-order valence-electron chi connectivity index (χ1n) is 9.11. The minimum Gasteiger partial charge on any atom is -0.454 e. The van der Waals surface area contributed by atoms with Gasteiger partial charge in [-0.25, -0.2) is 9.37 Å². The fourth-order valence-corrected chi connectivity index (χ4v) is 4.39. The minimum absolute atomic E-state index is 0.0845. The highest BCUT2D eigenvalue weighted by Gasteiger charge is 2.19. The molecule has 0 saturated carbocycles.